The van der Waals surface area contributed by atoms with Crippen LogP contribution in [0.3, 0.4) is 0 Å². The first-order valence-corrected chi connectivity index (χ1v) is 9.20. The molecule has 5 N–H and O–H groups in total. The second kappa shape index (κ2) is 10.7. The molecule has 154 valence electrons. The van der Waals surface area contributed by atoms with E-state index in [4.69, 9.17) is 38.8 Å². The average molecular weight is 440 g/mol. The number of hydrogen-bond donors (Lipinski definition) is 4. The minimum Gasteiger partial charge on any atom is -0.480 e. The maximum Gasteiger partial charge on any atom is 0.328 e. The van der Waals surface area contributed by atoms with Crippen molar-refractivity contribution in [1.82, 2.24) is 10.6 Å². The Morgan fingerprint density at radius 3 is 2.17 bits per heavy atom. The smallest absolute Gasteiger partial charge is 0.328 e. The summed E-state index contributed by atoms with van der Waals surface area (Å²) in [7, 11) is 0. The number of carbonyl (C=O) groups is 3. The monoisotopic (exact) mass is 439 g/mol. The van der Waals surface area contributed by atoms with E-state index >= 15 is 0 Å². The summed E-state index contributed by atoms with van der Waals surface area (Å²) in [6.45, 7) is 0.221. The van der Waals surface area contributed by atoms with Gasteiger partial charge in [0, 0.05) is 0 Å². The molecule has 3 amide bonds. The van der Waals surface area contributed by atoms with Gasteiger partial charge in [-0.25, -0.2) is 9.59 Å². The van der Waals surface area contributed by atoms with E-state index < -0.39 is 30.5 Å². The molecule has 0 bridgehead atoms. The molecule has 0 radical (unpaired) electrons. The number of halogens is 2. The van der Waals surface area contributed by atoms with Gasteiger partial charge in [0.2, 0.25) is 0 Å². The molecule has 2 aromatic rings. The second-order valence-corrected chi connectivity index (χ2v) is 6.84. The highest BCUT2D eigenvalue weighted by Crippen LogP contribution is 2.27. The van der Waals surface area contributed by atoms with E-state index in [0.717, 1.165) is 5.56 Å². The Balaban J connectivity index is 2.04. The van der Waals surface area contributed by atoms with Crippen LogP contribution < -0.4 is 16.4 Å². The number of benzene rings is 2. The zero-order chi connectivity index (χ0) is 21.4. The van der Waals surface area contributed by atoms with Crippen molar-refractivity contribution in [1.29, 1.82) is 0 Å². The highest BCUT2D eigenvalue weighted by atomic mass is 35.5. The molecule has 8 nitrogen and oxygen atoms in total. The van der Waals surface area contributed by atoms with Crippen molar-refractivity contribution in [3.8, 4) is 0 Å². The minimum absolute atomic E-state index is 0.0420. The van der Waals surface area contributed by atoms with E-state index in [-0.39, 0.29) is 22.2 Å². The second-order valence-electron chi connectivity index (χ2n) is 6.02. The number of nitrogens with one attached hydrogen (secondary N) is 2. The summed E-state index contributed by atoms with van der Waals surface area (Å²) in [5.41, 5.74) is 6.49. The van der Waals surface area contributed by atoms with Crippen LogP contribution >= 0.6 is 23.2 Å². The molecule has 0 saturated heterocycles. The summed E-state index contributed by atoms with van der Waals surface area (Å²) in [6, 6.07) is 10.3. The largest absolute Gasteiger partial charge is 0.480 e. The third-order valence-electron chi connectivity index (χ3n) is 3.79. The van der Waals surface area contributed by atoms with Crippen molar-refractivity contribution in [3.63, 3.8) is 0 Å². The van der Waals surface area contributed by atoms with E-state index in [0.29, 0.717) is 12.2 Å². The number of hydrogen-bond acceptors (Lipinski definition) is 4. The van der Waals surface area contributed by atoms with Gasteiger partial charge in [0.25, 0.3) is 5.91 Å². The molecule has 0 heterocycles. The molecule has 0 aliphatic carbocycles. The molecule has 0 unspecified atom stereocenters. The summed E-state index contributed by atoms with van der Waals surface area (Å²) in [5.74, 6) is -2.15. The number of ether oxygens (including phenoxy) is 1. The average Bonchev–Trinajstić information content (AvgIpc) is 2.65. The third kappa shape index (κ3) is 6.94. The summed E-state index contributed by atoms with van der Waals surface area (Å²) < 4.78 is 5.62. The molecule has 1 atom stereocenters. The van der Waals surface area contributed by atoms with Crippen LogP contribution in [-0.4, -0.2) is 35.6 Å². The van der Waals surface area contributed by atoms with E-state index in [1.807, 2.05) is 30.3 Å². The van der Waals surface area contributed by atoms with Crippen molar-refractivity contribution < 1.29 is 24.2 Å². The number of primary amides is 1. The van der Waals surface area contributed by atoms with E-state index in [9.17, 15) is 14.4 Å². The summed E-state index contributed by atoms with van der Waals surface area (Å²) in [6.07, 6.45) is 0. The maximum absolute atomic E-state index is 12.4. The normalized spacial score (nSPS) is 11.5. The molecule has 0 fully saturated rings. The minimum atomic E-state index is -1.41. The predicted octanol–water partition coefficient (Wildman–Crippen LogP) is 2.56. The van der Waals surface area contributed by atoms with Crippen LogP contribution in [0, 0.1) is 0 Å². The Morgan fingerprint density at radius 1 is 1.03 bits per heavy atom. The number of nitrogens with two attached hydrogens (primary N) is 1. The topological polar surface area (TPSA) is 131 Å². The van der Waals surface area contributed by atoms with Gasteiger partial charge in [-0.05, 0) is 23.3 Å². The van der Waals surface area contributed by atoms with Crippen LogP contribution in [0.4, 0.5) is 4.79 Å². The quantitative estimate of drug-likeness (QED) is 0.476. The standard InChI is InChI=1S/C19H19Cl2N3O5/c20-13-6-12(10-29-9-11-4-2-1-3-5-11)7-14(21)16(13)17(25)24-15(18(26)27)8-23-19(22)28/h1-7,15H,8-10H2,(H,24,25)(H,26,27)(H3,22,23,28)/t15-/m0/s1. The highest BCUT2D eigenvalue weighted by Gasteiger charge is 2.24. The zero-order valence-corrected chi connectivity index (χ0v) is 16.7. The number of carboxylic acids is 1. The summed E-state index contributed by atoms with van der Waals surface area (Å²) >= 11 is 12.4. The Hall–Kier alpha value is -2.81. The van der Waals surface area contributed by atoms with Gasteiger partial charge in [0.1, 0.15) is 6.04 Å². The lowest BCUT2D eigenvalue weighted by Gasteiger charge is -2.16. The van der Waals surface area contributed by atoms with Gasteiger partial charge >= 0.3 is 12.0 Å². The number of aliphatic carboxylic acids is 1. The number of carbonyl (C=O) groups excluding carboxylic acids is 2. The number of amides is 3. The Bertz CT molecular complexity index is 870. The van der Waals surface area contributed by atoms with Crippen LogP contribution in [0.5, 0.6) is 0 Å². The molecule has 0 aliphatic rings. The molecule has 0 aromatic heterocycles. The Labute approximate surface area is 176 Å². The van der Waals surface area contributed by atoms with E-state index in [2.05, 4.69) is 10.6 Å². The SMILES string of the molecule is NC(=O)NC[C@H](NC(=O)c1c(Cl)cc(COCc2ccccc2)cc1Cl)C(=O)O. The number of carboxylic acid groups (broad SMARTS) is 1. The molecule has 10 heteroatoms. The first kappa shape index (κ1) is 22.5. The number of rotatable bonds is 9. The first-order chi connectivity index (χ1) is 13.8. The third-order valence-corrected chi connectivity index (χ3v) is 4.39. The fraction of sp³-hybridized carbons (Fsp3) is 0.211. The van der Waals surface area contributed by atoms with Crippen LogP contribution in [0.2, 0.25) is 10.0 Å². The molecule has 0 saturated carbocycles. The maximum atomic E-state index is 12.4. The fourth-order valence-electron chi connectivity index (χ4n) is 2.42. The lowest BCUT2D eigenvalue weighted by atomic mass is 10.1. The van der Waals surface area contributed by atoms with E-state index in [1.165, 1.54) is 12.1 Å². The van der Waals surface area contributed by atoms with E-state index in [1.54, 1.807) is 0 Å². The van der Waals surface area contributed by atoms with Crippen LogP contribution in [0.1, 0.15) is 21.5 Å². The highest BCUT2D eigenvalue weighted by molar-refractivity contribution is 6.39. The van der Waals surface area contributed by atoms with Crippen molar-refractivity contribution in [3.05, 3.63) is 69.2 Å². The zero-order valence-electron chi connectivity index (χ0n) is 15.2. The Kier molecular flexibility index (Phi) is 8.26. The lowest BCUT2D eigenvalue weighted by molar-refractivity contribution is -0.139. The predicted molar refractivity (Wildman–Crippen MR) is 108 cm³/mol. The molecule has 2 rings (SSSR count). The van der Waals surface area contributed by atoms with Gasteiger partial charge in [-0.15, -0.1) is 0 Å². The Morgan fingerprint density at radius 2 is 1.62 bits per heavy atom. The lowest BCUT2D eigenvalue weighted by Crippen LogP contribution is -2.49. The van der Waals surface area contributed by atoms with Gasteiger partial charge in [0.05, 0.1) is 35.4 Å². The van der Waals surface area contributed by atoms with Crippen LogP contribution in [-0.2, 0) is 22.7 Å². The van der Waals surface area contributed by atoms with Crippen molar-refractivity contribution in [2.45, 2.75) is 19.3 Å². The molecular formula is C19H19Cl2N3O5. The van der Waals surface area contributed by atoms with Gasteiger partial charge in [-0.3, -0.25) is 4.79 Å². The molecule has 0 spiro atoms. The van der Waals surface area contributed by atoms with Crippen LogP contribution in [0.15, 0.2) is 42.5 Å². The molecule has 29 heavy (non-hydrogen) atoms. The summed E-state index contributed by atoms with van der Waals surface area (Å²) in [5, 5.41) is 13.6. The molecular weight excluding hydrogens is 421 g/mol. The summed E-state index contributed by atoms with van der Waals surface area (Å²) in [4.78, 5) is 34.4. The number of urea groups is 1. The van der Waals surface area contributed by atoms with Crippen molar-refractivity contribution in [2.75, 3.05) is 6.54 Å². The van der Waals surface area contributed by atoms with Gasteiger partial charge < -0.3 is 26.2 Å². The molecule has 0 aliphatic heterocycles. The first-order valence-electron chi connectivity index (χ1n) is 8.44. The fourth-order valence-corrected chi connectivity index (χ4v) is 3.12. The van der Waals surface area contributed by atoms with Gasteiger partial charge in [0.15, 0.2) is 0 Å². The van der Waals surface area contributed by atoms with Gasteiger partial charge in [-0.2, -0.15) is 0 Å². The van der Waals surface area contributed by atoms with Gasteiger partial charge in [-0.1, -0.05) is 53.5 Å². The van der Waals surface area contributed by atoms with Crippen LogP contribution in [0.25, 0.3) is 0 Å². The van der Waals surface area contributed by atoms with Crippen molar-refractivity contribution in [2.24, 2.45) is 5.73 Å². The molecule has 2 aromatic carbocycles. The van der Waals surface area contributed by atoms with Crippen molar-refractivity contribution >= 4 is 41.1 Å².